The number of nitrogen functional groups attached to an aromatic ring is 1. The Bertz CT molecular complexity index is 431. The van der Waals surface area contributed by atoms with Gasteiger partial charge in [-0.25, -0.2) is 4.98 Å². The van der Waals surface area contributed by atoms with Crippen LogP contribution < -0.4 is 16.0 Å². The molecule has 0 amide bonds. The zero-order chi connectivity index (χ0) is 11.3. The molecule has 0 spiro atoms. The first-order chi connectivity index (χ1) is 7.65. The molecule has 1 aromatic rings. The topological polar surface area (TPSA) is 67.1 Å². The maximum Gasteiger partial charge on any atom is 0.222 e. The average molecular weight is 219 g/mol. The van der Waals surface area contributed by atoms with Crippen LogP contribution in [0.1, 0.15) is 17.7 Å². The molecule has 0 saturated carbocycles. The van der Waals surface area contributed by atoms with E-state index in [4.69, 9.17) is 5.73 Å². The Labute approximate surface area is 95.1 Å². The Morgan fingerprint density at radius 2 is 2.19 bits per heavy atom. The van der Waals surface area contributed by atoms with Gasteiger partial charge in [0.2, 0.25) is 5.95 Å². The number of fused-ring (bicyclic) bond motifs is 2. The highest BCUT2D eigenvalue weighted by Gasteiger charge is 2.38. The Morgan fingerprint density at radius 1 is 1.38 bits per heavy atom. The van der Waals surface area contributed by atoms with Gasteiger partial charge in [0.1, 0.15) is 5.82 Å². The lowest BCUT2D eigenvalue weighted by Gasteiger charge is -2.30. The molecule has 1 aromatic heterocycles. The van der Waals surface area contributed by atoms with Gasteiger partial charge >= 0.3 is 0 Å². The molecule has 2 saturated heterocycles. The van der Waals surface area contributed by atoms with E-state index in [0.29, 0.717) is 18.0 Å². The zero-order valence-electron chi connectivity index (χ0n) is 9.70. The Hall–Kier alpha value is -1.36. The van der Waals surface area contributed by atoms with Crippen molar-refractivity contribution in [1.29, 1.82) is 0 Å². The first-order valence-corrected chi connectivity index (χ1v) is 5.76. The van der Waals surface area contributed by atoms with Crippen molar-refractivity contribution in [2.24, 2.45) is 0 Å². The highest BCUT2D eigenvalue weighted by Crippen LogP contribution is 2.31. The molecular weight excluding hydrogens is 202 g/mol. The van der Waals surface area contributed by atoms with Gasteiger partial charge in [0.05, 0.1) is 0 Å². The summed E-state index contributed by atoms with van der Waals surface area (Å²) in [5.41, 5.74) is 7.87. The summed E-state index contributed by atoms with van der Waals surface area (Å²) in [5.74, 6) is 1.41. The lowest BCUT2D eigenvalue weighted by molar-refractivity contribution is 0.575. The van der Waals surface area contributed by atoms with E-state index in [2.05, 4.69) is 27.1 Å². The van der Waals surface area contributed by atoms with Crippen molar-refractivity contribution in [3.63, 3.8) is 0 Å². The number of aromatic nitrogens is 2. The minimum Gasteiger partial charge on any atom is -0.368 e. The van der Waals surface area contributed by atoms with Gasteiger partial charge in [0, 0.05) is 36.4 Å². The lowest BCUT2D eigenvalue weighted by atomic mass is 10.2. The van der Waals surface area contributed by atoms with Crippen molar-refractivity contribution in [2.45, 2.75) is 32.4 Å². The van der Waals surface area contributed by atoms with E-state index in [1.165, 1.54) is 6.42 Å². The van der Waals surface area contributed by atoms with E-state index in [1.54, 1.807) is 0 Å². The van der Waals surface area contributed by atoms with E-state index in [-0.39, 0.29) is 0 Å². The molecule has 2 atom stereocenters. The van der Waals surface area contributed by atoms with Crippen molar-refractivity contribution in [1.82, 2.24) is 15.3 Å². The second-order valence-electron chi connectivity index (χ2n) is 4.76. The highest BCUT2D eigenvalue weighted by atomic mass is 15.3. The molecule has 16 heavy (non-hydrogen) atoms. The molecule has 2 aliphatic rings. The highest BCUT2D eigenvalue weighted by molar-refractivity contribution is 5.53. The van der Waals surface area contributed by atoms with Gasteiger partial charge in [-0.05, 0) is 20.3 Å². The van der Waals surface area contributed by atoms with Crippen LogP contribution in [0.2, 0.25) is 0 Å². The third kappa shape index (κ3) is 1.35. The quantitative estimate of drug-likeness (QED) is 0.707. The Morgan fingerprint density at radius 3 is 2.81 bits per heavy atom. The van der Waals surface area contributed by atoms with Gasteiger partial charge in [0.15, 0.2) is 0 Å². The number of nitrogens with two attached hydrogens (primary N) is 1. The summed E-state index contributed by atoms with van der Waals surface area (Å²) in [7, 11) is 0. The van der Waals surface area contributed by atoms with Crippen LogP contribution in [0.3, 0.4) is 0 Å². The van der Waals surface area contributed by atoms with E-state index >= 15 is 0 Å². The van der Waals surface area contributed by atoms with Crippen LogP contribution in [0.25, 0.3) is 0 Å². The fourth-order valence-electron chi connectivity index (χ4n) is 2.73. The SMILES string of the molecule is Cc1nc(N)nc(N2C[C@@H]3C[C@H]2CN3)c1C. The largest absolute Gasteiger partial charge is 0.368 e. The molecule has 86 valence electrons. The molecule has 3 rings (SSSR count). The number of nitrogens with one attached hydrogen (secondary N) is 1. The number of rotatable bonds is 1. The minimum absolute atomic E-state index is 0.383. The molecule has 2 aliphatic heterocycles. The molecular formula is C11H17N5. The number of aryl methyl sites for hydroxylation is 1. The summed E-state index contributed by atoms with van der Waals surface area (Å²) in [6, 6.07) is 1.21. The molecule has 2 fully saturated rings. The summed E-state index contributed by atoms with van der Waals surface area (Å²) in [5, 5.41) is 3.49. The van der Waals surface area contributed by atoms with Gasteiger partial charge in [-0.1, -0.05) is 0 Å². The van der Waals surface area contributed by atoms with E-state index in [9.17, 15) is 0 Å². The normalized spacial score (nSPS) is 27.8. The smallest absolute Gasteiger partial charge is 0.222 e. The van der Waals surface area contributed by atoms with Crippen molar-refractivity contribution < 1.29 is 0 Å². The van der Waals surface area contributed by atoms with Crippen LogP contribution in [-0.4, -0.2) is 35.1 Å². The van der Waals surface area contributed by atoms with Crippen LogP contribution >= 0.6 is 0 Å². The van der Waals surface area contributed by atoms with E-state index < -0.39 is 0 Å². The number of piperazine rings is 1. The van der Waals surface area contributed by atoms with Crippen LogP contribution in [0.4, 0.5) is 11.8 Å². The molecule has 0 unspecified atom stereocenters. The Balaban J connectivity index is 2.00. The van der Waals surface area contributed by atoms with Crippen LogP contribution in [-0.2, 0) is 0 Å². The van der Waals surface area contributed by atoms with Gasteiger partial charge < -0.3 is 16.0 Å². The molecule has 0 aliphatic carbocycles. The van der Waals surface area contributed by atoms with Crippen molar-refractivity contribution in [3.05, 3.63) is 11.3 Å². The van der Waals surface area contributed by atoms with Gasteiger partial charge in [0.25, 0.3) is 0 Å². The third-order valence-electron chi connectivity index (χ3n) is 3.71. The van der Waals surface area contributed by atoms with Gasteiger partial charge in [-0.15, -0.1) is 0 Å². The first kappa shape index (κ1) is 9.84. The van der Waals surface area contributed by atoms with Crippen LogP contribution in [0.15, 0.2) is 0 Å². The second kappa shape index (κ2) is 3.31. The van der Waals surface area contributed by atoms with Crippen molar-refractivity contribution >= 4 is 11.8 Å². The molecule has 3 heterocycles. The lowest BCUT2D eigenvalue weighted by Crippen LogP contribution is -2.44. The second-order valence-corrected chi connectivity index (χ2v) is 4.76. The third-order valence-corrected chi connectivity index (χ3v) is 3.71. The maximum absolute atomic E-state index is 5.73. The predicted molar refractivity (Wildman–Crippen MR) is 63.5 cm³/mol. The fourth-order valence-corrected chi connectivity index (χ4v) is 2.73. The minimum atomic E-state index is 0.383. The Kier molecular flexibility index (Phi) is 2.04. The van der Waals surface area contributed by atoms with Gasteiger partial charge in [-0.3, -0.25) is 0 Å². The number of anilines is 2. The van der Waals surface area contributed by atoms with Gasteiger partial charge in [-0.2, -0.15) is 4.98 Å². The summed E-state index contributed by atoms with van der Waals surface area (Å²) >= 11 is 0. The molecule has 3 N–H and O–H groups in total. The average Bonchev–Trinajstić information content (AvgIpc) is 2.84. The van der Waals surface area contributed by atoms with Crippen LogP contribution in [0, 0.1) is 13.8 Å². The van der Waals surface area contributed by atoms with E-state index in [0.717, 1.165) is 30.2 Å². The van der Waals surface area contributed by atoms with Crippen molar-refractivity contribution in [3.8, 4) is 0 Å². The summed E-state index contributed by atoms with van der Waals surface area (Å²) in [6.45, 7) is 6.17. The summed E-state index contributed by atoms with van der Waals surface area (Å²) in [6.07, 6.45) is 1.22. The number of hydrogen-bond donors (Lipinski definition) is 2. The fraction of sp³-hybridized carbons (Fsp3) is 0.636. The molecule has 2 bridgehead atoms. The molecule has 5 heteroatoms. The van der Waals surface area contributed by atoms with E-state index in [1.807, 2.05) is 6.92 Å². The monoisotopic (exact) mass is 219 g/mol. The zero-order valence-corrected chi connectivity index (χ0v) is 9.70. The summed E-state index contributed by atoms with van der Waals surface area (Å²) in [4.78, 5) is 11.0. The van der Waals surface area contributed by atoms with Crippen molar-refractivity contribution in [2.75, 3.05) is 23.7 Å². The number of hydrogen-bond acceptors (Lipinski definition) is 5. The summed E-state index contributed by atoms with van der Waals surface area (Å²) < 4.78 is 0. The predicted octanol–water partition coefficient (Wildman–Crippen LogP) is 0.226. The number of nitrogens with zero attached hydrogens (tertiary/aromatic N) is 3. The standard InChI is InChI=1S/C11H17N5/c1-6-7(2)14-11(12)15-10(6)16-5-8-3-9(16)4-13-8/h8-9,13H,3-5H2,1-2H3,(H2,12,14,15)/t8-,9-/m0/s1. The molecule has 0 aromatic carbocycles. The van der Waals surface area contributed by atoms with Crippen LogP contribution in [0.5, 0.6) is 0 Å². The molecule has 5 nitrogen and oxygen atoms in total. The maximum atomic E-state index is 5.73. The first-order valence-electron chi connectivity index (χ1n) is 5.76. The molecule has 0 radical (unpaired) electrons.